The second-order valence-electron chi connectivity index (χ2n) is 22.0. The van der Waals surface area contributed by atoms with Gasteiger partial charge in [-0.15, -0.1) is 0 Å². The minimum atomic E-state index is -1.54. The first-order chi connectivity index (χ1) is 41.6. The van der Waals surface area contributed by atoms with Crippen molar-refractivity contribution in [3.63, 3.8) is 0 Å². The molecule has 2 atom stereocenters. The Morgan fingerprint density at radius 3 is 0.941 bits per heavy atom. The first kappa shape index (κ1) is 79.1. The van der Waals surface area contributed by atoms with Crippen molar-refractivity contribution < 1.29 is 42.9 Å². The van der Waals surface area contributed by atoms with E-state index in [1.54, 1.807) is 0 Å². The van der Waals surface area contributed by atoms with Gasteiger partial charge in [-0.25, -0.2) is 4.79 Å². The van der Waals surface area contributed by atoms with E-state index < -0.39 is 24.3 Å². The van der Waals surface area contributed by atoms with Gasteiger partial charge in [-0.1, -0.05) is 247 Å². The summed E-state index contributed by atoms with van der Waals surface area (Å²) in [5, 5.41) is 9.72. The van der Waals surface area contributed by atoms with E-state index in [1.165, 1.54) is 0 Å². The molecule has 0 aromatic carbocycles. The van der Waals surface area contributed by atoms with Gasteiger partial charge in [-0.2, -0.15) is 0 Å². The average molecular weight is 1170 g/mol. The maximum atomic E-state index is 12.9. The summed E-state index contributed by atoms with van der Waals surface area (Å²) in [5.41, 5.74) is 0. The number of rotatable bonds is 57. The Balaban J connectivity index is 4.30. The topological polar surface area (TPSA) is 108 Å². The number of carbonyl (C=O) groups excluding carboxylic acids is 2. The Morgan fingerprint density at radius 1 is 0.353 bits per heavy atom. The monoisotopic (exact) mass is 1170 g/mol. The van der Waals surface area contributed by atoms with Crippen molar-refractivity contribution >= 4 is 17.9 Å². The summed E-state index contributed by atoms with van der Waals surface area (Å²) in [5.74, 6) is -2.08. The lowest BCUT2D eigenvalue weighted by Gasteiger charge is -2.25. The number of allylic oxidation sites excluding steroid dienone is 32. The largest absolute Gasteiger partial charge is 0.477 e. The van der Waals surface area contributed by atoms with Crippen LogP contribution < -0.4 is 0 Å². The Morgan fingerprint density at radius 2 is 0.635 bits per heavy atom. The molecule has 0 spiro atoms. The van der Waals surface area contributed by atoms with Gasteiger partial charge in [0, 0.05) is 12.8 Å². The number of quaternary nitrogens is 1. The molecule has 0 bridgehead atoms. The third-order valence-electron chi connectivity index (χ3n) is 12.8. The van der Waals surface area contributed by atoms with Gasteiger partial charge in [-0.05, 0) is 141 Å². The number of aliphatic carboxylic acids is 1. The second kappa shape index (κ2) is 64.1. The number of hydrogen-bond acceptors (Lipinski definition) is 7. The lowest BCUT2D eigenvalue weighted by Crippen LogP contribution is -2.40. The zero-order chi connectivity index (χ0) is 61.9. The fraction of sp³-hybridized carbons (Fsp3) is 0.539. The van der Waals surface area contributed by atoms with Gasteiger partial charge >= 0.3 is 17.9 Å². The number of unbranched alkanes of at least 4 members (excludes halogenated alkanes) is 10. The SMILES string of the molecule is CC/C=C\C/C=C\C/C=C\C/C=C\C/C=C\C/C=C\C/C=C\C/C=C\C/C=C\C/C=C\C/C=C\CCCCCCCC(=O)OC(COC(=O)CCCCCCC/C=C\C/C=C\C/C=C\C/C=C\C/C=C\CC)COC(OCC[N+](C)(C)C)C(=O)O. The summed E-state index contributed by atoms with van der Waals surface area (Å²) < 4.78 is 22.9. The minimum absolute atomic E-state index is 0.168. The fourth-order valence-corrected chi connectivity index (χ4v) is 7.93. The maximum Gasteiger partial charge on any atom is 0.361 e. The third kappa shape index (κ3) is 65.5. The maximum absolute atomic E-state index is 12.9. The quantitative estimate of drug-likeness (QED) is 0.0211. The van der Waals surface area contributed by atoms with Crippen LogP contribution >= 0.6 is 0 Å². The molecule has 0 aromatic heterocycles. The van der Waals surface area contributed by atoms with Crippen LogP contribution in [0.2, 0.25) is 0 Å². The van der Waals surface area contributed by atoms with E-state index in [0.29, 0.717) is 23.9 Å². The molecule has 0 saturated carbocycles. The lowest BCUT2D eigenvalue weighted by molar-refractivity contribution is -0.870. The van der Waals surface area contributed by atoms with Crippen molar-refractivity contribution in [2.24, 2.45) is 0 Å². The molecule has 0 fully saturated rings. The predicted octanol–water partition coefficient (Wildman–Crippen LogP) is 20.2. The van der Waals surface area contributed by atoms with Crippen LogP contribution in [0.15, 0.2) is 194 Å². The molecule has 0 aliphatic rings. The van der Waals surface area contributed by atoms with E-state index in [2.05, 4.69) is 208 Å². The number of hydrogen-bond donors (Lipinski definition) is 1. The highest BCUT2D eigenvalue weighted by molar-refractivity contribution is 5.71. The number of nitrogens with zero attached hydrogens (tertiary/aromatic N) is 1. The lowest BCUT2D eigenvalue weighted by atomic mass is 10.1. The van der Waals surface area contributed by atoms with Crippen LogP contribution in [0.1, 0.15) is 206 Å². The zero-order valence-corrected chi connectivity index (χ0v) is 53.9. The number of carboxylic acid groups (broad SMARTS) is 1. The van der Waals surface area contributed by atoms with Crippen molar-refractivity contribution in [2.75, 3.05) is 47.5 Å². The smallest absolute Gasteiger partial charge is 0.361 e. The molecule has 0 amide bonds. The third-order valence-corrected chi connectivity index (χ3v) is 12.8. The summed E-state index contributed by atoms with van der Waals surface area (Å²) in [4.78, 5) is 37.5. The highest BCUT2D eigenvalue weighted by Gasteiger charge is 2.25. The molecule has 9 heteroatoms. The van der Waals surface area contributed by atoms with Crippen LogP contribution in [-0.4, -0.2) is 87.4 Å². The summed E-state index contributed by atoms with van der Waals surface area (Å²) in [6.45, 7) is 4.57. The molecule has 0 heterocycles. The molecule has 0 aromatic rings. The normalized spacial score (nSPS) is 14.0. The van der Waals surface area contributed by atoms with Gasteiger partial charge in [0.05, 0.1) is 34.4 Å². The highest BCUT2D eigenvalue weighted by Crippen LogP contribution is 2.13. The van der Waals surface area contributed by atoms with Crippen LogP contribution in [0.3, 0.4) is 0 Å². The Kier molecular flexibility index (Phi) is 59.7. The molecule has 0 radical (unpaired) electrons. The standard InChI is InChI=1S/C76H117NO8/c1-6-8-10-12-14-16-18-20-22-24-26-28-29-30-31-32-33-34-35-36-37-38-39-40-41-42-43-44-45-47-49-51-53-55-57-59-61-63-65-67-74(79)85-72(71-84-76(75(80)81)82-69-68-77(3,4)5)70-83-73(78)66-64-62-60-58-56-54-52-50-48-46-27-25-23-21-19-17-15-13-11-9-7-2/h8-11,14-17,20-23,26-28,30-31,33-34,36-37,39-40,42-43,45-47,50-53,72,76H,6-7,12-13,18-19,24-25,29,32,35,38,41,44,48-49,54-71H2,1-5H3/p+1/b10-8-,11-9-,16-14-,17-15-,22-20-,23-21-,28-26-,31-30-,34-33-,37-36-,40-39-,43-42-,46-27-,47-45-,52-50-,53-51-. The Labute approximate surface area is 519 Å². The highest BCUT2D eigenvalue weighted by atomic mass is 16.7. The molecule has 0 saturated heterocycles. The molecule has 2 unspecified atom stereocenters. The molecule has 0 rings (SSSR count). The van der Waals surface area contributed by atoms with Crippen LogP contribution in [-0.2, 0) is 33.3 Å². The van der Waals surface area contributed by atoms with E-state index in [0.717, 1.165) is 167 Å². The second-order valence-corrected chi connectivity index (χ2v) is 22.0. The molecular formula is C76H118NO8+. The number of carbonyl (C=O) groups is 3. The summed E-state index contributed by atoms with van der Waals surface area (Å²) in [7, 11) is 5.94. The van der Waals surface area contributed by atoms with Gasteiger partial charge in [0.1, 0.15) is 13.2 Å². The number of carboxylic acids is 1. The van der Waals surface area contributed by atoms with Gasteiger partial charge in [-0.3, -0.25) is 9.59 Å². The first-order valence-corrected chi connectivity index (χ1v) is 32.6. The van der Waals surface area contributed by atoms with E-state index in [9.17, 15) is 19.5 Å². The summed E-state index contributed by atoms with van der Waals surface area (Å²) in [6, 6.07) is 0. The van der Waals surface area contributed by atoms with Crippen molar-refractivity contribution in [2.45, 2.75) is 219 Å². The average Bonchev–Trinajstić information content (AvgIpc) is 3.49. The van der Waals surface area contributed by atoms with Crippen LogP contribution in [0, 0.1) is 0 Å². The molecule has 0 aliphatic carbocycles. The summed E-state index contributed by atoms with van der Waals surface area (Å²) >= 11 is 0. The number of ether oxygens (including phenoxy) is 4. The van der Waals surface area contributed by atoms with Crippen LogP contribution in [0.25, 0.3) is 0 Å². The van der Waals surface area contributed by atoms with Crippen LogP contribution in [0.4, 0.5) is 0 Å². The zero-order valence-electron chi connectivity index (χ0n) is 53.9. The van der Waals surface area contributed by atoms with E-state index in [-0.39, 0.29) is 38.6 Å². The molecular weight excluding hydrogens is 1050 g/mol. The van der Waals surface area contributed by atoms with E-state index >= 15 is 0 Å². The van der Waals surface area contributed by atoms with Gasteiger partial charge in [0.15, 0.2) is 6.10 Å². The molecule has 9 nitrogen and oxygen atoms in total. The fourth-order valence-electron chi connectivity index (χ4n) is 7.93. The first-order valence-electron chi connectivity index (χ1n) is 32.6. The van der Waals surface area contributed by atoms with Crippen LogP contribution in [0.5, 0.6) is 0 Å². The number of likely N-dealkylation sites (N-methyl/N-ethyl adjacent to an activating group) is 1. The molecule has 0 aliphatic heterocycles. The van der Waals surface area contributed by atoms with Gasteiger partial charge < -0.3 is 28.5 Å². The molecule has 474 valence electrons. The predicted molar refractivity (Wildman–Crippen MR) is 363 cm³/mol. The molecule has 85 heavy (non-hydrogen) atoms. The van der Waals surface area contributed by atoms with Crippen molar-refractivity contribution in [3.8, 4) is 0 Å². The minimum Gasteiger partial charge on any atom is -0.477 e. The van der Waals surface area contributed by atoms with Gasteiger partial charge in [0.2, 0.25) is 0 Å². The number of esters is 2. The van der Waals surface area contributed by atoms with Gasteiger partial charge in [0.25, 0.3) is 6.29 Å². The van der Waals surface area contributed by atoms with E-state index in [1.807, 2.05) is 21.1 Å². The molecule has 1 N–H and O–H groups in total. The Bertz CT molecular complexity index is 2090. The van der Waals surface area contributed by atoms with Crippen molar-refractivity contribution in [1.29, 1.82) is 0 Å². The van der Waals surface area contributed by atoms with Crippen molar-refractivity contribution in [1.82, 2.24) is 0 Å². The summed E-state index contributed by atoms with van der Waals surface area (Å²) in [6.07, 6.45) is 96.6. The van der Waals surface area contributed by atoms with Crippen molar-refractivity contribution in [3.05, 3.63) is 194 Å². The van der Waals surface area contributed by atoms with E-state index in [4.69, 9.17) is 18.9 Å². The Hall–Kier alpha value is -5.87.